The number of hydrogen-bond donors (Lipinski definition) is 2. The quantitative estimate of drug-likeness (QED) is 0.548. The minimum absolute atomic E-state index is 0.875. The van der Waals surface area contributed by atoms with Crippen LogP contribution in [0.2, 0.25) is 0 Å². The van der Waals surface area contributed by atoms with Crippen molar-refractivity contribution in [3.05, 3.63) is 0 Å². The Hall–Kier alpha value is -0.120. The van der Waals surface area contributed by atoms with Crippen LogP contribution in [0.25, 0.3) is 0 Å². The summed E-state index contributed by atoms with van der Waals surface area (Å²) in [7, 11) is 0. The second kappa shape index (κ2) is 5.52. The van der Waals surface area contributed by atoms with Gasteiger partial charge in [0, 0.05) is 13.1 Å². The second-order valence-corrected chi connectivity index (χ2v) is 3.12. The van der Waals surface area contributed by atoms with E-state index in [1.165, 1.54) is 31.0 Å². The van der Waals surface area contributed by atoms with Gasteiger partial charge in [-0.2, -0.15) is 5.06 Å². The zero-order chi connectivity index (χ0) is 7.94. The molecule has 66 valence electrons. The van der Waals surface area contributed by atoms with Crippen molar-refractivity contribution in [2.75, 3.05) is 26.2 Å². The topological polar surface area (TPSA) is 35.5 Å². The Labute approximate surface area is 68.3 Å². The second-order valence-electron chi connectivity index (χ2n) is 3.12. The first-order valence-corrected chi connectivity index (χ1v) is 4.54. The molecule has 2 aliphatic rings. The number of hydrogen-bond acceptors (Lipinski definition) is 3. The van der Waals surface area contributed by atoms with Crippen LogP contribution in [-0.4, -0.2) is 36.4 Å². The van der Waals surface area contributed by atoms with Crippen LogP contribution >= 0.6 is 0 Å². The summed E-state index contributed by atoms with van der Waals surface area (Å²) in [6.07, 6.45) is 5.10. The molecule has 0 aromatic carbocycles. The van der Waals surface area contributed by atoms with Gasteiger partial charge in [-0.1, -0.05) is 0 Å². The van der Waals surface area contributed by atoms with E-state index in [1.807, 2.05) is 0 Å². The summed E-state index contributed by atoms with van der Waals surface area (Å²) in [6.45, 7) is 4.25. The van der Waals surface area contributed by atoms with Crippen LogP contribution in [0.3, 0.4) is 0 Å². The lowest BCUT2D eigenvalue weighted by atomic mass is 10.4. The average Bonchev–Trinajstić information content (AvgIpc) is 2.57. The molecule has 0 saturated carbocycles. The predicted molar refractivity (Wildman–Crippen MR) is 44.7 cm³/mol. The van der Waals surface area contributed by atoms with E-state index in [-0.39, 0.29) is 0 Å². The lowest BCUT2D eigenvalue weighted by Gasteiger charge is -1.99. The summed E-state index contributed by atoms with van der Waals surface area (Å²) in [5, 5.41) is 13.1. The highest BCUT2D eigenvalue weighted by Gasteiger charge is 2.05. The Bertz CT molecular complexity index is 80.5. The fourth-order valence-corrected chi connectivity index (χ4v) is 1.33. The smallest absolute Gasteiger partial charge is 0.0238 e. The van der Waals surface area contributed by atoms with Gasteiger partial charge in [0.25, 0.3) is 0 Å². The lowest BCUT2D eigenvalue weighted by molar-refractivity contribution is -0.0678. The van der Waals surface area contributed by atoms with Crippen LogP contribution in [0.15, 0.2) is 0 Å². The molecular weight excluding hydrogens is 140 g/mol. The molecule has 3 nitrogen and oxygen atoms in total. The van der Waals surface area contributed by atoms with Crippen LogP contribution in [0.4, 0.5) is 0 Å². The third-order valence-electron chi connectivity index (χ3n) is 2.04. The Morgan fingerprint density at radius 2 is 1.45 bits per heavy atom. The molecule has 0 amide bonds. The largest absolute Gasteiger partial charge is 0.317 e. The molecule has 0 aliphatic carbocycles. The summed E-state index contributed by atoms with van der Waals surface area (Å²) in [5.41, 5.74) is 0. The van der Waals surface area contributed by atoms with Crippen LogP contribution in [0, 0.1) is 0 Å². The van der Waals surface area contributed by atoms with Crippen molar-refractivity contribution in [1.29, 1.82) is 0 Å². The van der Waals surface area contributed by atoms with Crippen molar-refractivity contribution >= 4 is 0 Å². The van der Waals surface area contributed by atoms with E-state index in [0.717, 1.165) is 25.9 Å². The minimum Gasteiger partial charge on any atom is -0.317 e. The van der Waals surface area contributed by atoms with Crippen molar-refractivity contribution < 1.29 is 5.21 Å². The van der Waals surface area contributed by atoms with Crippen molar-refractivity contribution in [2.24, 2.45) is 0 Å². The summed E-state index contributed by atoms with van der Waals surface area (Å²) in [4.78, 5) is 0. The molecule has 2 aliphatic heterocycles. The van der Waals surface area contributed by atoms with Crippen LogP contribution in [0.1, 0.15) is 25.7 Å². The van der Waals surface area contributed by atoms with Gasteiger partial charge in [-0.25, -0.2) is 0 Å². The third kappa shape index (κ3) is 4.35. The molecular formula is C8H18N2O. The summed E-state index contributed by atoms with van der Waals surface area (Å²) in [6, 6.07) is 0. The fraction of sp³-hybridized carbons (Fsp3) is 1.00. The van der Waals surface area contributed by atoms with E-state index >= 15 is 0 Å². The van der Waals surface area contributed by atoms with Crippen LogP contribution in [-0.2, 0) is 0 Å². The third-order valence-corrected chi connectivity index (χ3v) is 2.04. The molecule has 11 heavy (non-hydrogen) atoms. The van der Waals surface area contributed by atoms with E-state index in [1.54, 1.807) is 0 Å². The maximum absolute atomic E-state index is 8.56. The average molecular weight is 158 g/mol. The molecule has 3 heteroatoms. The summed E-state index contributed by atoms with van der Waals surface area (Å²) in [5.74, 6) is 0. The molecule has 2 saturated heterocycles. The molecule has 0 bridgehead atoms. The van der Waals surface area contributed by atoms with Gasteiger partial charge < -0.3 is 10.5 Å². The number of nitrogens with one attached hydrogen (secondary N) is 1. The number of nitrogens with zero attached hydrogens (tertiary/aromatic N) is 1. The zero-order valence-corrected chi connectivity index (χ0v) is 7.05. The molecule has 2 fully saturated rings. The van der Waals surface area contributed by atoms with Crippen LogP contribution in [0.5, 0.6) is 0 Å². The molecule has 2 heterocycles. The van der Waals surface area contributed by atoms with Gasteiger partial charge in [0.05, 0.1) is 0 Å². The highest BCUT2D eigenvalue weighted by molar-refractivity contribution is 4.55. The van der Waals surface area contributed by atoms with Crippen molar-refractivity contribution in [3.8, 4) is 0 Å². The molecule has 0 unspecified atom stereocenters. The minimum atomic E-state index is 0.875. The van der Waals surface area contributed by atoms with Gasteiger partial charge in [-0.3, -0.25) is 0 Å². The highest BCUT2D eigenvalue weighted by Crippen LogP contribution is 2.01. The Morgan fingerprint density at radius 1 is 0.909 bits per heavy atom. The standard InChI is InChI=1S/C4H9NO.C4H9N/c6-5-3-1-2-4-5;1-2-4-5-3-1/h6H,1-4H2;5H,1-4H2. The molecule has 0 aromatic rings. The highest BCUT2D eigenvalue weighted by atomic mass is 16.5. The van der Waals surface area contributed by atoms with Crippen LogP contribution < -0.4 is 5.32 Å². The van der Waals surface area contributed by atoms with Gasteiger partial charge in [0.2, 0.25) is 0 Å². The maximum atomic E-state index is 8.56. The monoisotopic (exact) mass is 158 g/mol. The normalized spacial score (nSPS) is 24.8. The number of rotatable bonds is 0. The predicted octanol–water partition coefficient (Wildman–Crippen LogP) is 0.841. The van der Waals surface area contributed by atoms with Crippen molar-refractivity contribution in [3.63, 3.8) is 0 Å². The Morgan fingerprint density at radius 3 is 1.64 bits per heavy atom. The maximum Gasteiger partial charge on any atom is 0.0238 e. The van der Waals surface area contributed by atoms with E-state index in [4.69, 9.17) is 5.21 Å². The van der Waals surface area contributed by atoms with Gasteiger partial charge >= 0.3 is 0 Å². The Kier molecular flexibility index (Phi) is 4.50. The van der Waals surface area contributed by atoms with Gasteiger partial charge in [0.1, 0.15) is 0 Å². The van der Waals surface area contributed by atoms with Gasteiger partial charge in [-0.05, 0) is 38.8 Å². The summed E-state index contributed by atoms with van der Waals surface area (Å²) >= 11 is 0. The van der Waals surface area contributed by atoms with Gasteiger partial charge in [0.15, 0.2) is 0 Å². The van der Waals surface area contributed by atoms with E-state index in [9.17, 15) is 0 Å². The molecule has 0 spiro atoms. The zero-order valence-electron chi connectivity index (χ0n) is 7.05. The molecule has 0 atom stereocenters. The summed E-state index contributed by atoms with van der Waals surface area (Å²) < 4.78 is 0. The first-order valence-electron chi connectivity index (χ1n) is 4.54. The Balaban J connectivity index is 0.000000112. The van der Waals surface area contributed by atoms with E-state index < -0.39 is 0 Å². The molecule has 0 radical (unpaired) electrons. The molecule has 2 N–H and O–H groups in total. The first-order chi connectivity index (χ1) is 5.39. The fourth-order valence-electron chi connectivity index (χ4n) is 1.33. The molecule has 2 rings (SSSR count). The molecule has 0 aromatic heterocycles. The SMILES string of the molecule is C1CCNC1.ON1CCCC1. The van der Waals surface area contributed by atoms with E-state index in [0.29, 0.717) is 0 Å². The van der Waals surface area contributed by atoms with E-state index in [2.05, 4.69) is 5.32 Å². The first kappa shape index (κ1) is 8.97. The van der Waals surface area contributed by atoms with Crippen molar-refractivity contribution in [1.82, 2.24) is 10.4 Å². The lowest BCUT2D eigenvalue weighted by Crippen LogP contribution is -2.11. The van der Waals surface area contributed by atoms with Crippen molar-refractivity contribution in [2.45, 2.75) is 25.7 Å². The number of hydroxylamine groups is 2. The van der Waals surface area contributed by atoms with Gasteiger partial charge in [-0.15, -0.1) is 0 Å².